The molecule has 7 nitrogen and oxygen atoms in total. The number of rotatable bonds is 3. The predicted octanol–water partition coefficient (Wildman–Crippen LogP) is 0.0783. The van der Waals surface area contributed by atoms with E-state index in [2.05, 4.69) is 26.3 Å². The molecular weight excluding hydrogens is 276 g/mol. The van der Waals surface area contributed by atoms with Gasteiger partial charge in [0, 0.05) is 30.4 Å². The summed E-state index contributed by atoms with van der Waals surface area (Å²) >= 11 is 1.86. The van der Waals surface area contributed by atoms with Crippen molar-refractivity contribution in [2.24, 2.45) is 5.73 Å². The lowest BCUT2D eigenvalue weighted by atomic mass is 9.96. The van der Waals surface area contributed by atoms with E-state index < -0.39 is 0 Å². The van der Waals surface area contributed by atoms with Crippen LogP contribution < -0.4 is 16.3 Å². The summed E-state index contributed by atoms with van der Waals surface area (Å²) in [6.45, 7) is 2.56. The second-order valence-electron chi connectivity index (χ2n) is 5.08. The van der Waals surface area contributed by atoms with Gasteiger partial charge in [0.25, 0.3) is 0 Å². The first kappa shape index (κ1) is 13.4. The molecule has 20 heavy (non-hydrogen) atoms. The number of aromatic nitrogens is 4. The van der Waals surface area contributed by atoms with E-state index in [0.29, 0.717) is 12.2 Å². The first-order chi connectivity index (χ1) is 9.67. The van der Waals surface area contributed by atoms with Gasteiger partial charge in [0.2, 0.25) is 0 Å². The van der Waals surface area contributed by atoms with Crippen molar-refractivity contribution >= 4 is 23.2 Å². The molecule has 0 atom stereocenters. The molecule has 3 N–H and O–H groups in total. The number of thioether (sulfide) groups is 1. The van der Waals surface area contributed by atoms with E-state index in [1.54, 1.807) is 0 Å². The van der Waals surface area contributed by atoms with Crippen molar-refractivity contribution in [2.45, 2.75) is 17.6 Å². The molecule has 1 aliphatic rings. The first-order valence-electron chi connectivity index (χ1n) is 6.60. The average Bonchev–Trinajstić information content (AvgIpc) is 2.88. The maximum absolute atomic E-state index is 11.4. The zero-order valence-corrected chi connectivity index (χ0v) is 12.2. The van der Waals surface area contributed by atoms with E-state index in [1.165, 1.54) is 10.7 Å². The molecule has 0 unspecified atom stereocenters. The number of hydrogen-bond acceptors (Lipinski definition) is 6. The van der Waals surface area contributed by atoms with E-state index in [1.807, 2.05) is 17.8 Å². The van der Waals surface area contributed by atoms with Crippen LogP contribution in [0.15, 0.2) is 17.2 Å². The summed E-state index contributed by atoms with van der Waals surface area (Å²) in [5, 5.41) is 6.39. The summed E-state index contributed by atoms with van der Waals surface area (Å²) in [6, 6.07) is 1.84. The molecule has 0 radical (unpaired) electrons. The van der Waals surface area contributed by atoms with Gasteiger partial charge in [-0.15, -0.1) is 0 Å². The number of nitrogens with two attached hydrogens (primary N) is 1. The summed E-state index contributed by atoms with van der Waals surface area (Å²) in [5.74, 6) is 0.864. The van der Waals surface area contributed by atoms with Crippen LogP contribution in [0.25, 0.3) is 5.65 Å². The van der Waals surface area contributed by atoms with Crippen LogP contribution >= 0.6 is 11.8 Å². The second-order valence-corrected chi connectivity index (χ2v) is 6.36. The molecular formula is C12H18N6OS. The zero-order chi connectivity index (χ0) is 14.2. The lowest BCUT2D eigenvalue weighted by Crippen LogP contribution is -2.46. The number of piperidine rings is 1. The van der Waals surface area contributed by atoms with Gasteiger partial charge in [-0.2, -0.15) is 16.9 Å². The number of hydrogen-bond donors (Lipinski definition) is 2. The Hall–Kier alpha value is -1.54. The third-order valence-electron chi connectivity index (χ3n) is 4.10. The fraction of sp³-hybridized carbons (Fsp3) is 0.583. The number of anilines is 1. The van der Waals surface area contributed by atoms with Gasteiger partial charge in [0.05, 0.1) is 0 Å². The first-order valence-corrected chi connectivity index (χ1v) is 7.83. The maximum Gasteiger partial charge on any atom is 0.348 e. The molecule has 1 aliphatic heterocycles. The molecule has 0 aromatic carbocycles. The Bertz CT molecular complexity index is 651. The van der Waals surface area contributed by atoms with Crippen LogP contribution in [0.3, 0.4) is 0 Å². The Morgan fingerprint density at radius 2 is 2.25 bits per heavy atom. The molecule has 0 aliphatic carbocycles. The van der Waals surface area contributed by atoms with Crippen LogP contribution in [0.1, 0.15) is 12.8 Å². The summed E-state index contributed by atoms with van der Waals surface area (Å²) in [5.41, 5.74) is 6.24. The number of fused-ring (bicyclic) bond motifs is 1. The largest absolute Gasteiger partial charge is 0.356 e. The summed E-state index contributed by atoms with van der Waals surface area (Å²) in [6.07, 6.45) is 5.74. The van der Waals surface area contributed by atoms with E-state index in [9.17, 15) is 4.79 Å². The van der Waals surface area contributed by atoms with Crippen molar-refractivity contribution < 1.29 is 0 Å². The van der Waals surface area contributed by atoms with Gasteiger partial charge in [-0.05, 0) is 19.1 Å². The van der Waals surface area contributed by atoms with Gasteiger partial charge in [0.1, 0.15) is 12.1 Å². The fourth-order valence-corrected chi connectivity index (χ4v) is 3.37. The minimum absolute atomic E-state index is 0.198. The minimum Gasteiger partial charge on any atom is -0.356 e. The van der Waals surface area contributed by atoms with Gasteiger partial charge in [0.15, 0.2) is 5.65 Å². The van der Waals surface area contributed by atoms with Crippen molar-refractivity contribution in [1.82, 2.24) is 19.6 Å². The molecule has 0 bridgehead atoms. The highest BCUT2D eigenvalue weighted by atomic mass is 32.2. The van der Waals surface area contributed by atoms with Crippen molar-refractivity contribution in [3.8, 4) is 0 Å². The van der Waals surface area contributed by atoms with E-state index in [0.717, 1.165) is 31.7 Å². The number of H-pyrrole nitrogens is 1. The molecule has 8 heteroatoms. The summed E-state index contributed by atoms with van der Waals surface area (Å²) in [7, 11) is 0. The molecule has 3 rings (SSSR count). The van der Waals surface area contributed by atoms with Crippen LogP contribution in [-0.4, -0.2) is 50.2 Å². The van der Waals surface area contributed by atoms with Gasteiger partial charge < -0.3 is 10.6 Å². The second kappa shape index (κ2) is 5.10. The minimum atomic E-state index is -0.262. The Morgan fingerprint density at radius 1 is 1.50 bits per heavy atom. The summed E-state index contributed by atoms with van der Waals surface area (Å²) in [4.78, 5) is 18.0. The van der Waals surface area contributed by atoms with Crippen molar-refractivity contribution in [3.63, 3.8) is 0 Å². The van der Waals surface area contributed by atoms with Crippen LogP contribution in [0.4, 0.5) is 5.82 Å². The van der Waals surface area contributed by atoms with E-state index in [-0.39, 0.29) is 10.4 Å². The highest BCUT2D eigenvalue weighted by Crippen LogP contribution is 2.34. The normalized spacial score (nSPS) is 18.6. The Balaban J connectivity index is 1.81. The van der Waals surface area contributed by atoms with Gasteiger partial charge >= 0.3 is 5.69 Å². The molecule has 0 spiro atoms. The van der Waals surface area contributed by atoms with Crippen LogP contribution in [-0.2, 0) is 0 Å². The molecule has 0 amide bonds. The van der Waals surface area contributed by atoms with E-state index in [4.69, 9.17) is 5.73 Å². The smallest absolute Gasteiger partial charge is 0.348 e. The van der Waals surface area contributed by atoms with Crippen LogP contribution in [0.5, 0.6) is 0 Å². The topological polar surface area (TPSA) is 92.3 Å². The molecule has 3 heterocycles. The molecule has 2 aromatic heterocycles. The number of aromatic amines is 1. The fourth-order valence-electron chi connectivity index (χ4n) is 2.61. The SMILES string of the molecule is CSC1(CN)CCN(c2cc3n[nH]c(=O)n3cn2)CC1. The Labute approximate surface area is 120 Å². The third-order valence-corrected chi connectivity index (χ3v) is 5.54. The highest BCUT2D eigenvalue weighted by molar-refractivity contribution is 8.00. The van der Waals surface area contributed by atoms with Gasteiger partial charge in [-0.1, -0.05) is 0 Å². The average molecular weight is 294 g/mol. The van der Waals surface area contributed by atoms with Crippen LogP contribution in [0, 0.1) is 0 Å². The highest BCUT2D eigenvalue weighted by Gasteiger charge is 2.33. The Morgan fingerprint density at radius 3 is 2.90 bits per heavy atom. The zero-order valence-electron chi connectivity index (χ0n) is 11.4. The lowest BCUT2D eigenvalue weighted by molar-refractivity contribution is 0.455. The van der Waals surface area contributed by atoms with E-state index >= 15 is 0 Å². The lowest BCUT2D eigenvalue weighted by Gasteiger charge is -2.40. The quantitative estimate of drug-likeness (QED) is 0.833. The molecule has 108 valence electrons. The van der Waals surface area contributed by atoms with Crippen molar-refractivity contribution in [3.05, 3.63) is 22.9 Å². The van der Waals surface area contributed by atoms with Crippen molar-refractivity contribution in [2.75, 3.05) is 30.8 Å². The molecule has 0 saturated carbocycles. The maximum atomic E-state index is 11.4. The predicted molar refractivity (Wildman–Crippen MR) is 80.4 cm³/mol. The van der Waals surface area contributed by atoms with Gasteiger partial charge in [-0.3, -0.25) is 0 Å². The molecule has 1 fully saturated rings. The number of nitrogens with zero attached hydrogens (tertiary/aromatic N) is 4. The van der Waals surface area contributed by atoms with Gasteiger partial charge in [-0.25, -0.2) is 19.3 Å². The molecule has 1 saturated heterocycles. The van der Waals surface area contributed by atoms with Crippen LogP contribution in [0.2, 0.25) is 0 Å². The molecule has 2 aromatic rings. The number of nitrogens with one attached hydrogen (secondary N) is 1. The Kier molecular flexibility index (Phi) is 3.43. The monoisotopic (exact) mass is 294 g/mol. The standard InChI is InChI=1S/C12H18N6OS/c1-20-12(7-13)2-4-17(5-3-12)9-6-10-15-16-11(19)18(10)8-14-9/h6,8H,2-5,7,13H2,1H3,(H,16,19). The summed E-state index contributed by atoms with van der Waals surface area (Å²) < 4.78 is 1.60. The third kappa shape index (κ3) is 2.18. The van der Waals surface area contributed by atoms with Crippen molar-refractivity contribution in [1.29, 1.82) is 0 Å².